The molecule has 4 heteroatoms. The molecule has 3 nitrogen and oxygen atoms in total. The molecule has 1 rings (SSSR count). The SMILES string of the molecule is COc1ccc(CC=O)c(Br)c1O. The summed E-state index contributed by atoms with van der Waals surface area (Å²) in [6, 6.07) is 3.36. The summed E-state index contributed by atoms with van der Waals surface area (Å²) in [7, 11) is 1.47. The van der Waals surface area contributed by atoms with Gasteiger partial charge in [-0.3, -0.25) is 0 Å². The van der Waals surface area contributed by atoms with Crippen molar-refractivity contribution in [2.24, 2.45) is 0 Å². The van der Waals surface area contributed by atoms with E-state index in [1.54, 1.807) is 12.1 Å². The van der Waals surface area contributed by atoms with E-state index in [-0.39, 0.29) is 12.2 Å². The van der Waals surface area contributed by atoms with E-state index in [4.69, 9.17) is 4.74 Å². The van der Waals surface area contributed by atoms with Gasteiger partial charge in [0.2, 0.25) is 0 Å². The van der Waals surface area contributed by atoms with Gasteiger partial charge in [-0.25, -0.2) is 0 Å². The molecular formula is C9H9BrO3. The van der Waals surface area contributed by atoms with Gasteiger partial charge in [-0.1, -0.05) is 6.07 Å². The zero-order valence-corrected chi connectivity index (χ0v) is 8.67. The van der Waals surface area contributed by atoms with Gasteiger partial charge < -0.3 is 14.6 Å². The summed E-state index contributed by atoms with van der Waals surface area (Å²) in [5.74, 6) is 0.420. The van der Waals surface area contributed by atoms with Crippen LogP contribution in [0.1, 0.15) is 5.56 Å². The fraction of sp³-hybridized carbons (Fsp3) is 0.222. The maximum atomic E-state index is 10.3. The van der Waals surface area contributed by atoms with Crippen LogP contribution in [0.3, 0.4) is 0 Å². The molecule has 70 valence electrons. The Morgan fingerprint density at radius 2 is 2.31 bits per heavy atom. The normalized spacial score (nSPS) is 9.69. The fourth-order valence-electron chi connectivity index (χ4n) is 1.00. The Kier molecular flexibility index (Phi) is 3.31. The Morgan fingerprint density at radius 1 is 1.62 bits per heavy atom. The van der Waals surface area contributed by atoms with E-state index in [0.717, 1.165) is 11.8 Å². The van der Waals surface area contributed by atoms with Crippen LogP contribution in [0.2, 0.25) is 0 Å². The number of aromatic hydroxyl groups is 1. The summed E-state index contributed by atoms with van der Waals surface area (Å²) in [6.07, 6.45) is 1.06. The number of halogens is 1. The molecule has 0 saturated heterocycles. The number of hydrogen-bond acceptors (Lipinski definition) is 3. The molecule has 0 heterocycles. The molecule has 0 aliphatic heterocycles. The van der Waals surface area contributed by atoms with Crippen LogP contribution in [0.25, 0.3) is 0 Å². The molecule has 0 aromatic heterocycles. The molecule has 0 atom stereocenters. The fourth-order valence-corrected chi connectivity index (χ4v) is 1.49. The van der Waals surface area contributed by atoms with Crippen molar-refractivity contribution in [3.05, 3.63) is 22.2 Å². The van der Waals surface area contributed by atoms with Crippen LogP contribution in [0.4, 0.5) is 0 Å². The number of phenolic OH excluding ortho intramolecular Hbond substituents is 1. The summed E-state index contributed by atoms with van der Waals surface area (Å²) in [4.78, 5) is 10.3. The first kappa shape index (κ1) is 10.1. The maximum absolute atomic E-state index is 10.3. The summed E-state index contributed by atoms with van der Waals surface area (Å²) < 4.78 is 5.40. The minimum absolute atomic E-state index is 0.0295. The van der Waals surface area contributed by atoms with Crippen molar-refractivity contribution in [3.63, 3.8) is 0 Å². The third kappa shape index (κ3) is 2.01. The smallest absolute Gasteiger partial charge is 0.172 e. The van der Waals surface area contributed by atoms with Gasteiger partial charge in [0.1, 0.15) is 6.29 Å². The topological polar surface area (TPSA) is 46.5 Å². The number of carbonyl (C=O) groups is 1. The van der Waals surface area contributed by atoms with Crippen molar-refractivity contribution in [2.75, 3.05) is 7.11 Å². The third-order valence-corrected chi connectivity index (χ3v) is 2.57. The minimum atomic E-state index is 0.0295. The van der Waals surface area contributed by atoms with Gasteiger partial charge in [-0.15, -0.1) is 0 Å². The molecule has 0 spiro atoms. The number of methoxy groups -OCH3 is 1. The highest BCUT2D eigenvalue weighted by Gasteiger charge is 2.09. The first-order valence-corrected chi connectivity index (χ1v) is 4.48. The molecule has 0 aliphatic rings. The molecule has 13 heavy (non-hydrogen) atoms. The van der Waals surface area contributed by atoms with Gasteiger partial charge >= 0.3 is 0 Å². The highest BCUT2D eigenvalue weighted by Crippen LogP contribution is 2.36. The molecule has 0 radical (unpaired) electrons. The predicted molar refractivity (Wildman–Crippen MR) is 52.1 cm³/mol. The van der Waals surface area contributed by atoms with E-state index in [0.29, 0.717) is 10.2 Å². The number of ether oxygens (including phenoxy) is 1. The predicted octanol–water partition coefficient (Wildman–Crippen LogP) is 1.90. The highest BCUT2D eigenvalue weighted by atomic mass is 79.9. The molecule has 0 saturated carbocycles. The first-order chi connectivity index (χ1) is 6.20. The molecule has 0 bridgehead atoms. The summed E-state index contributed by atoms with van der Waals surface area (Å²) in [5.41, 5.74) is 0.744. The second-order valence-electron chi connectivity index (χ2n) is 2.46. The first-order valence-electron chi connectivity index (χ1n) is 3.68. The molecule has 1 aromatic carbocycles. The van der Waals surface area contributed by atoms with Gasteiger partial charge in [0.25, 0.3) is 0 Å². The maximum Gasteiger partial charge on any atom is 0.172 e. The van der Waals surface area contributed by atoms with Gasteiger partial charge in [-0.2, -0.15) is 0 Å². The van der Waals surface area contributed by atoms with Crippen molar-refractivity contribution in [1.82, 2.24) is 0 Å². The van der Waals surface area contributed by atoms with Gasteiger partial charge in [-0.05, 0) is 27.6 Å². The highest BCUT2D eigenvalue weighted by molar-refractivity contribution is 9.10. The van der Waals surface area contributed by atoms with E-state index in [1.165, 1.54) is 7.11 Å². The third-order valence-electron chi connectivity index (χ3n) is 1.68. The Labute approximate surface area is 84.5 Å². The zero-order chi connectivity index (χ0) is 9.84. The van der Waals surface area contributed by atoms with E-state index < -0.39 is 0 Å². The van der Waals surface area contributed by atoms with Crippen molar-refractivity contribution in [3.8, 4) is 11.5 Å². The van der Waals surface area contributed by atoms with Gasteiger partial charge in [0.15, 0.2) is 11.5 Å². The Morgan fingerprint density at radius 3 is 2.85 bits per heavy atom. The van der Waals surface area contributed by atoms with Gasteiger partial charge in [0, 0.05) is 6.42 Å². The quantitative estimate of drug-likeness (QED) is 0.827. The number of rotatable bonds is 3. The van der Waals surface area contributed by atoms with E-state index >= 15 is 0 Å². The zero-order valence-electron chi connectivity index (χ0n) is 7.08. The average molecular weight is 245 g/mol. The van der Waals surface area contributed by atoms with Crippen molar-refractivity contribution < 1.29 is 14.6 Å². The number of hydrogen-bond donors (Lipinski definition) is 1. The molecule has 0 aliphatic carbocycles. The van der Waals surface area contributed by atoms with Crippen LogP contribution in [-0.4, -0.2) is 18.5 Å². The molecule has 0 amide bonds. The second-order valence-corrected chi connectivity index (χ2v) is 3.25. The number of carbonyl (C=O) groups excluding carboxylic acids is 1. The van der Waals surface area contributed by atoms with Crippen molar-refractivity contribution >= 4 is 22.2 Å². The van der Waals surface area contributed by atoms with E-state index in [1.807, 2.05) is 0 Å². The lowest BCUT2D eigenvalue weighted by molar-refractivity contribution is -0.107. The summed E-state index contributed by atoms with van der Waals surface area (Å²) >= 11 is 3.18. The summed E-state index contributed by atoms with van der Waals surface area (Å²) in [6.45, 7) is 0. The van der Waals surface area contributed by atoms with Crippen LogP contribution in [0, 0.1) is 0 Å². The standard InChI is InChI=1S/C9H9BrO3/c1-13-7-3-2-6(4-5-11)8(10)9(7)12/h2-3,5,12H,4H2,1H3. The molecule has 1 N–H and O–H groups in total. The monoisotopic (exact) mass is 244 g/mol. The lowest BCUT2D eigenvalue weighted by Crippen LogP contribution is -1.90. The molecule has 1 aromatic rings. The Bertz CT molecular complexity index is 323. The largest absolute Gasteiger partial charge is 0.503 e. The molecule has 0 unspecified atom stereocenters. The Balaban J connectivity index is 3.14. The Hall–Kier alpha value is -1.03. The number of aldehydes is 1. The van der Waals surface area contributed by atoms with Crippen LogP contribution in [0.15, 0.2) is 16.6 Å². The summed E-state index contributed by atoms with van der Waals surface area (Å²) in [5, 5.41) is 9.52. The van der Waals surface area contributed by atoms with Crippen molar-refractivity contribution in [2.45, 2.75) is 6.42 Å². The number of phenols is 1. The average Bonchev–Trinajstić information content (AvgIpc) is 2.14. The lowest BCUT2D eigenvalue weighted by Gasteiger charge is -2.07. The van der Waals surface area contributed by atoms with Crippen LogP contribution in [0.5, 0.6) is 11.5 Å². The van der Waals surface area contributed by atoms with Gasteiger partial charge in [0.05, 0.1) is 11.6 Å². The minimum Gasteiger partial charge on any atom is -0.503 e. The van der Waals surface area contributed by atoms with E-state index in [2.05, 4.69) is 15.9 Å². The van der Waals surface area contributed by atoms with E-state index in [9.17, 15) is 9.90 Å². The van der Waals surface area contributed by atoms with Crippen molar-refractivity contribution in [1.29, 1.82) is 0 Å². The second kappa shape index (κ2) is 4.28. The van der Waals surface area contributed by atoms with Crippen LogP contribution >= 0.6 is 15.9 Å². The molecular weight excluding hydrogens is 236 g/mol. The van der Waals surface area contributed by atoms with Crippen LogP contribution in [-0.2, 0) is 11.2 Å². The number of benzene rings is 1. The molecule has 0 fully saturated rings. The van der Waals surface area contributed by atoms with Crippen LogP contribution < -0.4 is 4.74 Å². The lowest BCUT2D eigenvalue weighted by atomic mass is 10.1.